The number of hydrogen-bond donors (Lipinski definition) is 1. The molecule has 1 atom stereocenters. The quantitative estimate of drug-likeness (QED) is 0.339. The SMILES string of the molecule is CCc1ccc(OCC(=O)N(Cc2ccc(Cl)cc2)[C@H](Cc2ccccc2)C(=O)NC2CCCC2)cc1. The summed E-state index contributed by atoms with van der Waals surface area (Å²) in [6.45, 7) is 2.22. The Morgan fingerprint density at radius 3 is 2.22 bits per heavy atom. The lowest BCUT2D eigenvalue weighted by Gasteiger charge is -2.32. The van der Waals surface area contributed by atoms with Crippen LogP contribution in [-0.2, 0) is 29.0 Å². The molecule has 6 heteroatoms. The third-order valence-corrected chi connectivity index (χ3v) is 7.18. The molecule has 4 rings (SSSR count). The highest BCUT2D eigenvalue weighted by Gasteiger charge is 2.32. The maximum atomic E-state index is 13.7. The van der Waals surface area contributed by atoms with Crippen molar-refractivity contribution >= 4 is 23.4 Å². The van der Waals surface area contributed by atoms with Gasteiger partial charge in [-0.25, -0.2) is 0 Å². The van der Waals surface area contributed by atoms with Gasteiger partial charge in [-0.15, -0.1) is 0 Å². The van der Waals surface area contributed by atoms with Crippen molar-refractivity contribution in [3.8, 4) is 5.75 Å². The fourth-order valence-corrected chi connectivity index (χ4v) is 4.88. The molecule has 0 aromatic heterocycles. The van der Waals surface area contributed by atoms with Gasteiger partial charge in [0.25, 0.3) is 5.91 Å². The minimum absolute atomic E-state index is 0.120. The monoisotopic (exact) mass is 518 g/mol. The second kappa shape index (κ2) is 13.3. The average molecular weight is 519 g/mol. The van der Waals surface area contributed by atoms with E-state index >= 15 is 0 Å². The van der Waals surface area contributed by atoms with Crippen molar-refractivity contribution in [3.63, 3.8) is 0 Å². The zero-order valence-corrected chi connectivity index (χ0v) is 22.1. The van der Waals surface area contributed by atoms with Gasteiger partial charge in [-0.3, -0.25) is 9.59 Å². The van der Waals surface area contributed by atoms with Gasteiger partial charge in [0.1, 0.15) is 11.8 Å². The summed E-state index contributed by atoms with van der Waals surface area (Å²) in [5.41, 5.74) is 3.10. The van der Waals surface area contributed by atoms with Gasteiger partial charge < -0.3 is 15.0 Å². The van der Waals surface area contributed by atoms with Gasteiger partial charge in [-0.1, -0.05) is 86.0 Å². The third kappa shape index (κ3) is 7.83. The Kier molecular flexibility index (Phi) is 9.61. The van der Waals surface area contributed by atoms with Crippen LogP contribution in [0.1, 0.15) is 49.3 Å². The van der Waals surface area contributed by atoms with Gasteiger partial charge in [0.15, 0.2) is 6.61 Å². The summed E-state index contributed by atoms with van der Waals surface area (Å²) in [5.74, 6) is 0.273. The van der Waals surface area contributed by atoms with E-state index in [1.165, 1.54) is 5.56 Å². The largest absolute Gasteiger partial charge is 0.484 e. The van der Waals surface area contributed by atoms with E-state index in [1.807, 2.05) is 66.7 Å². The lowest BCUT2D eigenvalue weighted by molar-refractivity contribution is -0.143. The summed E-state index contributed by atoms with van der Waals surface area (Å²) in [6.07, 6.45) is 5.55. The first-order chi connectivity index (χ1) is 18.0. The Balaban J connectivity index is 1.58. The summed E-state index contributed by atoms with van der Waals surface area (Å²) >= 11 is 6.10. The minimum Gasteiger partial charge on any atom is -0.484 e. The fraction of sp³-hybridized carbons (Fsp3) is 0.355. The number of nitrogens with zero attached hydrogens (tertiary/aromatic N) is 1. The molecule has 1 aliphatic carbocycles. The van der Waals surface area contributed by atoms with Crippen LogP contribution in [0, 0.1) is 0 Å². The number of carbonyl (C=O) groups is 2. The topological polar surface area (TPSA) is 58.6 Å². The first-order valence-electron chi connectivity index (χ1n) is 13.1. The van der Waals surface area contributed by atoms with Crippen molar-refractivity contribution < 1.29 is 14.3 Å². The number of halogens is 1. The molecule has 5 nitrogen and oxygen atoms in total. The van der Waals surface area contributed by atoms with Gasteiger partial charge in [0, 0.05) is 24.0 Å². The number of nitrogens with one attached hydrogen (secondary N) is 1. The van der Waals surface area contributed by atoms with Crippen LogP contribution in [0.25, 0.3) is 0 Å². The summed E-state index contributed by atoms with van der Waals surface area (Å²) in [5, 5.41) is 3.85. The van der Waals surface area contributed by atoms with E-state index in [-0.39, 0.29) is 31.0 Å². The van der Waals surface area contributed by atoms with Crippen LogP contribution in [-0.4, -0.2) is 35.4 Å². The fourth-order valence-electron chi connectivity index (χ4n) is 4.76. The highest BCUT2D eigenvalue weighted by molar-refractivity contribution is 6.30. The number of carbonyl (C=O) groups excluding carboxylic acids is 2. The Labute approximate surface area is 224 Å². The van der Waals surface area contributed by atoms with E-state index in [0.29, 0.717) is 17.2 Å². The Morgan fingerprint density at radius 1 is 0.919 bits per heavy atom. The summed E-state index contributed by atoms with van der Waals surface area (Å²) < 4.78 is 5.87. The zero-order chi connectivity index (χ0) is 26.0. The molecule has 0 spiro atoms. The molecule has 3 aromatic rings. The van der Waals surface area contributed by atoms with Crippen molar-refractivity contribution in [1.29, 1.82) is 0 Å². The number of ether oxygens (including phenoxy) is 1. The smallest absolute Gasteiger partial charge is 0.261 e. The lowest BCUT2D eigenvalue weighted by Crippen LogP contribution is -2.53. The Morgan fingerprint density at radius 2 is 1.57 bits per heavy atom. The van der Waals surface area contributed by atoms with Crippen molar-refractivity contribution in [2.75, 3.05) is 6.61 Å². The van der Waals surface area contributed by atoms with Gasteiger partial charge in [-0.05, 0) is 60.2 Å². The van der Waals surface area contributed by atoms with Crippen molar-refractivity contribution in [3.05, 3.63) is 101 Å². The molecule has 1 aliphatic rings. The minimum atomic E-state index is -0.669. The first kappa shape index (κ1) is 26.7. The Bertz CT molecular complexity index is 1140. The van der Waals surface area contributed by atoms with Gasteiger partial charge in [0.2, 0.25) is 5.91 Å². The molecule has 0 unspecified atom stereocenters. The van der Waals surface area contributed by atoms with E-state index in [4.69, 9.17) is 16.3 Å². The molecular weight excluding hydrogens is 484 g/mol. The van der Waals surface area contributed by atoms with Crippen molar-refractivity contribution in [1.82, 2.24) is 10.2 Å². The number of benzene rings is 3. The molecular formula is C31H35ClN2O3. The highest BCUT2D eigenvalue weighted by Crippen LogP contribution is 2.21. The molecule has 0 saturated heterocycles. The highest BCUT2D eigenvalue weighted by atomic mass is 35.5. The molecule has 2 amide bonds. The summed E-state index contributed by atoms with van der Waals surface area (Å²) in [7, 11) is 0. The second-order valence-corrected chi connectivity index (χ2v) is 10.1. The van der Waals surface area contributed by atoms with Crippen molar-refractivity contribution in [2.45, 2.75) is 64.1 Å². The molecule has 1 saturated carbocycles. The summed E-state index contributed by atoms with van der Waals surface area (Å²) in [4.78, 5) is 29.0. The van der Waals surface area contributed by atoms with E-state index in [0.717, 1.165) is 43.2 Å². The van der Waals surface area contributed by atoms with E-state index in [1.54, 1.807) is 17.0 Å². The standard InChI is InChI=1S/C31H35ClN2O3/c1-2-23-14-18-28(19-15-23)37-22-30(35)34(21-25-12-16-26(32)17-13-25)29(20-24-8-4-3-5-9-24)31(36)33-27-10-6-7-11-27/h3-5,8-9,12-19,27,29H,2,6-7,10-11,20-22H2,1H3,(H,33,36)/t29-/m1/s1. The predicted octanol–water partition coefficient (Wildman–Crippen LogP) is 5.98. The molecule has 3 aromatic carbocycles. The van der Waals surface area contributed by atoms with E-state index < -0.39 is 6.04 Å². The van der Waals surface area contributed by atoms with Crippen LogP contribution in [0.2, 0.25) is 5.02 Å². The van der Waals surface area contributed by atoms with E-state index in [2.05, 4.69) is 12.2 Å². The van der Waals surface area contributed by atoms with Crippen LogP contribution in [0.4, 0.5) is 0 Å². The maximum absolute atomic E-state index is 13.7. The first-order valence-corrected chi connectivity index (χ1v) is 13.5. The second-order valence-electron chi connectivity index (χ2n) is 9.63. The number of rotatable bonds is 11. The van der Waals surface area contributed by atoms with Gasteiger partial charge >= 0.3 is 0 Å². The maximum Gasteiger partial charge on any atom is 0.261 e. The average Bonchev–Trinajstić information content (AvgIpc) is 3.44. The number of hydrogen-bond acceptors (Lipinski definition) is 3. The molecule has 0 aliphatic heterocycles. The van der Waals surface area contributed by atoms with Crippen LogP contribution in [0.5, 0.6) is 5.75 Å². The van der Waals surface area contributed by atoms with Crippen LogP contribution < -0.4 is 10.1 Å². The third-order valence-electron chi connectivity index (χ3n) is 6.93. The van der Waals surface area contributed by atoms with Gasteiger partial charge in [-0.2, -0.15) is 0 Å². The molecule has 194 valence electrons. The lowest BCUT2D eigenvalue weighted by atomic mass is 10.0. The van der Waals surface area contributed by atoms with Crippen LogP contribution >= 0.6 is 11.6 Å². The molecule has 0 heterocycles. The number of amides is 2. The van der Waals surface area contributed by atoms with Crippen LogP contribution in [0.15, 0.2) is 78.9 Å². The van der Waals surface area contributed by atoms with Gasteiger partial charge in [0.05, 0.1) is 0 Å². The molecule has 0 radical (unpaired) electrons. The molecule has 1 N–H and O–H groups in total. The normalized spacial score (nSPS) is 14.2. The molecule has 1 fully saturated rings. The van der Waals surface area contributed by atoms with E-state index in [9.17, 15) is 9.59 Å². The Hall–Kier alpha value is -3.31. The molecule has 0 bridgehead atoms. The predicted molar refractivity (Wildman–Crippen MR) is 148 cm³/mol. The summed E-state index contributed by atoms with van der Waals surface area (Å²) in [6, 6.07) is 24.5. The van der Waals surface area contributed by atoms with Crippen molar-refractivity contribution in [2.24, 2.45) is 0 Å². The zero-order valence-electron chi connectivity index (χ0n) is 21.4. The molecule has 37 heavy (non-hydrogen) atoms. The number of aryl methyl sites for hydroxylation is 1. The van der Waals surface area contributed by atoms with Crippen LogP contribution in [0.3, 0.4) is 0 Å².